The standard InChI is InChI=1S/C41H48N4O9S3/c1-2-55(47,48)23-18-42-36(46)14-4-3-5-17-43-56(49,50)29-15-16-30(35(26-29)57(51,52)53)37-33-24-27-10-6-19-44-21-8-12-31(38(27)44)40(33)54-41-32-13-9-22-45-20-7-11-28(39(32)45)25-34(37)41/h2,15-16,24-26,43H,1,3-14,17-23H2,(H-,42,46,51,52,53). The van der Waals surface area contributed by atoms with E-state index in [0.29, 0.717) is 36.3 Å². The summed E-state index contributed by atoms with van der Waals surface area (Å²) in [7, 11) is -12.8. The molecular formula is C41H48N4O9S3. The van der Waals surface area contributed by atoms with Gasteiger partial charge in [-0.05, 0) is 81.2 Å². The zero-order valence-electron chi connectivity index (χ0n) is 31.9. The predicted molar refractivity (Wildman–Crippen MR) is 215 cm³/mol. The molecule has 304 valence electrons. The molecule has 2 N–H and O–H groups in total. The molecule has 0 fully saturated rings. The maximum atomic E-state index is 13.6. The lowest BCUT2D eigenvalue weighted by molar-refractivity contribution is -0.121. The summed E-state index contributed by atoms with van der Waals surface area (Å²) >= 11 is 0. The number of benzene rings is 3. The largest absolute Gasteiger partial charge is 0.744 e. The van der Waals surface area contributed by atoms with Crippen molar-refractivity contribution in [1.82, 2.24) is 14.6 Å². The van der Waals surface area contributed by atoms with Gasteiger partial charge in [0.25, 0.3) is 0 Å². The van der Waals surface area contributed by atoms with E-state index in [-0.39, 0.29) is 41.6 Å². The van der Waals surface area contributed by atoms with Gasteiger partial charge in [0.05, 0.1) is 21.1 Å². The highest BCUT2D eigenvalue weighted by atomic mass is 32.2. The predicted octanol–water partition coefficient (Wildman–Crippen LogP) is 2.54. The van der Waals surface area contributed by atoms with Crippen molar-refractivity contribution in [3.8, 4) is 11.5 Å². The van der Waals surface area contributed by atoms with E-state index in [1.54, 1.807) is 0 Å². The number of sulfone groups is 1. The Hall–Kier alpha value is -4.09. The minimum atomic E-state index is -5.19. The van der Waals surface area contributed by atoms with Crippen molar-refractivity contribution in [2.45, 2.75) is 86.8 Å². The third kappa shape index (κ3) is 7.78. The number of carbonyl (C=O) groups excluding carboxylic acids is 1. The number of hydrogen-bond acceptors (Lipinski definition) is 10. The van der Waals surface area contributed by atoms with Gasteiger partial charge in [0.1, 0.15) is 34.7 Å². The van der Waals surface area contributed by atoms with Crippen molar-refractivity contribution in [2.24, 2.45) is 0 Å². The summed E-state index contributed by atoms with van der Waals surface area (Å²) in [6.07, 6.45) is 8.73. The molecule has 16 heteroatoms. The zero-order chi connectivity index (χ0) is 40.1. The summed E-state index contributed by atoms with van der Waals surface area (Å²) in [5.41, 5.74) is 7.19. The number of sulfonamides is 1. The van der Waals surface area contributed by atoms with Gasteiger partial charge in [0.2, 0.25) is 21.3 Å². The van der Waals surface area contributed by atoms with E-state index in [4.69, 9.17) is 4.74 Å². The lowest BCUT2D eigenvalue weighted by Gasteiger charge is -2.39. The van der Waals surface area contributed by atoms with Gasteiger partial charge >= 0.3 is 0 Å². The van der Waals surface area contributed by atoms with Crippen LogP contribution in [0.5, 0.6) is 11.5 Å². The molecule has 0 saturated carbocycles. The number of nitrogens with zero attached hydrogens (tertiary/aromatic N) is 2. The normalized spacial score (nSPS) is 17.2. The van der Waals surface area contributed by atoms with Crippen LogP contribution in [0.25, 0.3) is 5.57 Å². The summed E-state index contributed by atoms with van der Waals surface area (Å²) in [6, 6.07) is 8.00. The lowest BCUT2D eigenvalue weighted by atomic mass is 9.82. The van der Waals surface area contributed by atoms with Gasteiger partial charge in [-0.15, -0.1) is 0 Å². The number of carbonyl (C=O) groups is 1. The topological polar surface area (TPSA) is 182 Å². The third-order valence-corrected chi connectivity index (χ3v) is 15.4. The number of nitrogens with one attached hydrogen (secondary N) is 2. The highest BCUT2D eigenvalue weighted by Gasteiger charge is 2.36. The second kappa shape index (κ2) is 15.6. The van der Waals surface area contributed by atoms with Crippen LogP contribution in [-0.2, 0) is 60.5 Å². The Kier molecular flexibility index (Phi) is 10.9. The Morgan fingerprint density at radius 1 is 0.842 bits per heavy atom. The second-order valence-electron chi connectivity index (χ2n) is 15.5. The van der Waals surface area contributed by atoms with E-state index < -0.39 is 34.9 Å². The highest BCUT2D eigenvalue weighted by Crippen LogP contribution is 2.49. The SMILES string of the molecule is C=CS(=O)(=O)CCNC(=O)CCCCCNS(=O)(=O)c1ccc(C2=c3cc4c5c(c3Oc3c2cc2c6c3CCCN6CCC2)CCC[N+]=5CCC4)c(S(=O)(=O)[O-])c1. The molecule has 13 nitrogen and oxygen atoms in total. The van der Waals surface area contributed by atoms with E-state index in [1.165, 1.54) is 34.3 Å². The van der Waals surface area contributed by atoms with Crippen molar-refractivity contribution < 1.29 is 39.3 Å². The molecule has 3 aromatic rings. The molecule has 8 rings (SSSR count). The molecule has 0 saturated heterocycles. The Morgan fingerprint density at radius 3 is 2.35 bits per heavy atom. The van der Waals surface area contributed by atoms with Gasteiger partial charge < -0.3 is 19.5 Å². The van der Waals surface area contributed by atoms with Crippen molar-refractivity contribution in [1.29, 1.82) is 0 Å². The van der Waals surface area contributed by atoms with Gasteiger partial charge in [-0.1, -0.05) is 19.1 Å². The molecule has 0 atom stereocenters. The Morgan fingerprint density at radius 2 is 1.58 bits per heavy atom. The molecule has 0 unspecified atom stereocenters. The second-order valence-corrected chi connectivity index (χ2v) is 20.7. The quantitative estimate of drug-likeness (QED) is 0.109. The number of amides is 1. The monoisotopic (exact) mass is 836 g/mol. The first kappa shape index (κ1) is 39.7. The van der Waals surface area contributed by atoms with Crippen LogP contribution in [0.3, 0.4) is 0 Å². The molecule has 1 amide bonds. The van der Waals surface area contributed by atoms with E-state index in [1.807, 2.05) is 0 Å². The van der Waals surface area contributed by atoms with Crippen LogP contribution < -0.4 is 34.8 Å². The summed E-state index contributed by atoms with van der Waals surface area (Å²) in [5, 5.41) is 5.32. The molecule has 0 bridgehead atoms. The van der Waals surface area contributed by atoms with Gasteiger partial charge in [0.15, 0.2) is 9.84 Å². The minimum absolute atomic E-state index is 0.0218. The molecule has 5 aliphatic rings. The molecule has 0 radical (unpaired) electrons. The first-order valence-corrected chi connectivity index (χ1v) is 24.5. The van der Waals surface area contributed by atoms with E-state index in [0.717, 1.165) is 111 Å². The van der Waals surface area contributed by atoms with Crippen LogP contribution in [0.4, 0.5) is 5.69 Å². The van der Waals surface area contributed by atoms with Crippen LogP contribution in [0.2, 0.25) is 0 Å². The van der Waals surface area contributed by atoms with Crippen LogP contribution in [0.15, 0.2) is 52.1 Å². The van der Waals surface area contributed by atoms with Gasteiger partial charge in [0, 0.05) is 89.6 Å². The Bertz CT molecular complexity index is 2650. The Balaban J connectivity index is 1.13. The fraction of sp³-hybridized carbons (Fsp3) is 0.463. The zero-order valence-corrected chi connectivity index (χ0v) is 34.3. The summed E-state index contributed by atoms with van der Waals surface area (Å²) in [6.45, 7) is 7.09. The third-order valence-electron chi connectivity index (χ3n) is 11.8. The fourth-order valence-electron chi connectivity index (χ4n) is 9.27. The summed E-state index contributed by atoms with van der Waals surface area (Å²) in [5.74, 6) is 0.838. The van der Waals surface area contributed by atoms with E-state index in [2.05, 4.69) is 38.2 Å². The fourth-order valence-corrected chi connectivity index (χ4v) is 11.7. The first-order valence-electron chi connectivity index (χ1n) is 19.9. The molecule has 57 heavy (non-hydrogen) atoms. The number of fused-ring (bicyclic) bond motifs is 4. The highest BCUT2D eigenvalue weighted by molar-refractivity contribution is 7.94. The maximum absolute atomic E-state index is 13.6. The van der Waals surface area contributed by atoms with Crippen LogP contribution in [0.1, 0.15) is 84.7 Å². The van der Waals surface area contributed by atoms with Gasteiger partial charge in [-0.25, -0.2) is 34.6 Å². The molecule has 0 aromatic heterocycles. The van der Waals surface area contributed by atoms with Crippen molar-refractivity contribution in [2.75, 3.05) is 49.9 Å². The minimum Gasteiger partial charge on any atom is -0.744 e. The average molecular weight is 837 g/mol. The molecule has 3 aromatic carbocycles. The number of hydrogen-bond donors (Lipinski definition) is 2. The molecule has 5 aliphatic heterocycles. The molecular weight excluding hydrogens is 789 g/mol. The number of unbranched alkanes of at least 4 members (excludes halogenated alkanes) is 2. The van der Waals surface area contributed by atoms with E-state index in [9.17, 15) is 34.6 Å². The average Bonchev–Trinajstić information content (AvgIpc) is 3.18. The van der Waals surface area contributed by atoms with Crippen molar-refractivity contribution in [3.05, 3.63) is 86.3 Å². The van der Waals surface area contributed by atoms with Crippen LogP contribution in [0, 0.1) is 0 Å². The number of ether oxygens (including phenoxy) is 1. The van der Waals surface area contributed by atoms with Crippen LogP contribution >= 0.6 is 0 Å². The molecule has 0 spiro atoms. The summed E-state index contributed by atoms with van der Waals surface area (Å²) in [4.78, 5) is 13.6. The van der Waals surface area contributed by atoms with Crippen molar-refractivity contribution in [3.63, 3.8) is 0 Å². The van der Waals surface area contributed by atoms with E-state index >= 15 is 0 Å². The number of anilines is 1. The van der Waals surface area contributed by atoms with Crippen LogP contribution in [-0.4, -0.2) is 80.7 Å². The van der Waals surface area contributed by atoms with Crippen molar-refractivity contribution >= 4 is 47.1 Å². The molecule has 5 heterocycles. The maximum Gasteiger partial charge on any atom is 0.240 e. The molecule has 0 aliphatic carbocycles. The lowest BCUT2D eigenvalue weighted by Crippen LogP contribution is -2.45. The Labute approximate surface area is 334 Å². The van der Waals surface area contributed by atoms with Gasteiger partial charge in [-0.2, -0.15) is 0 Å². The summed E-state index contributed by atoms with van der Waals surface area (Å²) < 4.78 is 102. The number of rotatable bonds is 14. The number of aryl methyl sites for hydroxylation is 2. The van der Waals surface area contributed by atoms with Gasteiger partial charge in [-0.3, -0.25) is 4.79 Å². The smallest absolute Gasteiger partial charge is 0.240 e. The first-order chi connectivity index (χ1) is 27.3.